The zero-order valence-corrected chi connectivity index (χ0v) is 13.0. The van der Waals surface area contributed by atoms with Gasteiger partial charge in [0.1, 0.15) is 5.54 Å². The SMILES string of the molecule is CCCNC(=O)C1(NC(=O)C2CCCC2O)CCCCC1. The molecule has 2 aliphatic carbocycles. The van der Waals surface area contributed by atoms with Gasteiger partial charge < -0.3 is 15.7 Å². The van der Waals surface area contributed by atoms with Gasteiger partial charge in [0.2, 0.25) is 11.8 Å². The molecular formula is C16H28N2O3. The zero-order valence-electron chi connectivity index (χ0n) is 13.0. The molecule has 0 aromatic heterocycles. The van der Waals surface area contributed by atoms with E-state index in [0.29, 0.717) is 25.8 Å². The largest absolute Gasteiger partial charge is 0.392 e. The van der Waals surface area contributed by atoms with Gasteiger partial charge in [-0.25, -0.2) is 0 Å². The van der Waals surface area contributed by atoms with Crippen LogP contribution >= 0.6 is 0 Å². The fraction of sp³-hybridized carbons (Fsp3) is 0.875. The minimum Gasteiger partial charge on any atom is -0.392 e. The minimum atomic E-state index is -0.757. The van der Waals surface area contributed by atoms with Gasteiger partial charge in [-0.2, -0.15) is 0 Å². The lowest BCUT2D eigenvalue weighted by atomic mass is 9.80. The summed E-state index contributed by atoms with van der Waals surface area (Å²) in [7, 11) is 0. The summed E-state index contributed by atoms with van der Waals surface area (Å²) in [5.41, 5.74) is -0.757. The summed E-state index contributed by atoms with van der Waals surface area (Å²) in [4.78, 5) is 25.0. The Bertz CT molecular complexity index is 378. The van der Waals surface area contributed by atoms with E-state index in [2.05, 4.69) is 10.6 Å². The van der Waals surface area contributed by atoms with Crippen LogP contribution in [0.5, 0.6) is 0 Å². The number of nitrogens with one attached hydrogen (secondary N) is 2. The van der Waals surface area contributed by atoms with Gasteiger partial charge in [0.15, 0.2) is 0 Å². The third-order valence-corrected chi connectivity index (χ3v) is 4.86. The predicted molar refractivity (Wildman–Crippen MR) is 80.6 cm³/mol. The Kier molecular flexibility index (Phi) is 5.62. The quantitative estimate of drug-likeness (QED) is 0.719. The van der Waals surface area contributed by atoms with Crippen molar-refractivity contribution >= 4 is 11.8 Å². The van der Waals surface area contributed by atoms with Crippen molar-refractivity contribution in [2.45, 2.75) is 76.4 Å². The molecular weight excluding hydrogens is 268 g/mol. The molecule has 2 rings (SSSR count). The van der Waals surface area contributed by atoms with Crippen LogP contribution in [-0.4, -0.2) is 35.1 Å². The molecule has 2 saturated carbocycles. The second kappa shape index (κ2) is 7.25. The van der Waals surface area contributed by atoms with E-state index >= 15 is 0 Å². The molecule has 2 unspecified atom stereocenters. The van der Waals surface area contributed by atoms with Gasteiger partial charge in [-0.3, -0.25) is 9.59 Å². The van der Waals surface area contributed by atoms with Crippen LogP contribution in [0.3, 0.4) is 0 Å². The van der Waals surface area contributed by atoms with Crippen LogP contribution < -0.4 is 10.6 Å². The van der Waals surface area contributed by atoms with Gasteiger partial charge in [-0.15, -0.1) is 0 Å². The Morgan fingerprint density at radius 2 is 1.86 bits per heavy atom. The van der Waals surface area contributed by atoms with Gasteiger partial charge in [-0.1, -0.05) is 26.2 Å². The Morgan fingerprint density at radius 1 is 1.14 bits per heavy atom. The Labute approximate surface area is 126 Å². The maximum atomic E-state index is 12.5. The number of rotatable bonds is 5. The van der Waals surface area contributed by atoms with Gasteiger partial charge in [0.25, 0.3) is 0 Å². The number of amides is 2. The smallest absolute Gasteiger partial charge is 0.245 e. The lowest BCUT2D eigenvalue weighted by molar-refractivity contribution is -0.138. The molecule has 0 spiro atoms. The van der Waals surface area contributed by atoms with Crippen molar-refractivity contribution in [2.24, 2.45) is 5.92 Å². The molecule has 3 N–H and O–H groups in total. The molecule has 21 heavy (non-hydrogen) atoms. The number of carbonyl (C=O) groups is 2. The maximum Gasteiger partial charge on any atom is 0.245 e. The fourth-order valence-corrected chi connectivity index (χ4v) is 3.55. The normalized spacial score (nSPS) is 28.1. The van der Waals surface area contributed by atoms with E-state index in [1.807, 2.05) is 6.92 Å². The van der Waals surface area contributed by atoms with Crippen LogP contribution in [0.2, 0.25) is 0 Å². The number of carbonyl (C=O) groups excluding carboxylic acids is 2. The first kappa shape index (κ1) is 16.3. The number of hydrogen-bond acceptors (Lipinski definition) is 3. The molecule has 0 radical (unpaired) electrons. The molecule has 5 nitrogen and oxygen atoms in total. The van der Waals surface area contributed by atoms with E-state index in [0.717, 1.165) is 38.5 Å². The molecule has 2 atom stereocenters. The van der Waals surface area contributed by atoms with Crippen molar-refractivity contribution in [2.75, 3.05) is 6.54 Å². The van der Waals surface area contributed by atoms with E-state index in [9.17, 15) is 14.7 Å². The highest BCUT2D eigenvalue weighted by Crippen LogP contribution is 2.31. The molecule has 0 bridgehead atoms. The third kappa shape index (κ3) is 3.76. The highest BCUT2D eigenvalue weighted by Gasteiger charge is 2.43. The Morgan fingerprint density at radius 3 is 2.43 bits per heavy atom. The first-order valence-corrected chi connectivity index (χ1v) is 8.37. The van der Waals surface area contributed by atoms with E-state index < -0.39 is 11.6 Å². The second-order valence-electron chi connectivity index (χ2n) is 6.49. The van der Waals surface area contributed by atoms with E-state index in [-0.39, 0.29) is 17.7 Å². The minimum absolute atomic E-state index is 0.0510. The lowest BCUT2D eigenvalue weighted by Crippen LogP contribution is -2.61. The van der Waals surface area contributed by atoms with Crippen LogP contribution in [-0.2, 0) is 9.59 Å². The molecule has 0 heterocycles. The van der Waals surface area contributed by atoms with Crippen molar-refractivity contribution < 1.29 is 14.7 Å². The van der Waals surface area contributed by atoms with Crippen molar-refractivity contribution in [3.05, 3.63) is 0 Å². The molecule has 0 aromatic rings. The van der Waals surface area contributed by atoms with Gasteiger partial charge >= 0.3 is 0 Å². The molecule has 2 aliphatic rings. The van der Waals surface area contributed by atoms with Crippen LogP contribution in [0.25, 0.3) is 0 Å². The first-order chi connectivity index (χ1) is 10.1. The summed E-state index contributed by atoms with van der Waals surface area (Å²) in [6.07, 6.45) is 7.08. The highest BCUT2D eigenvalue weighted by atomic mass is 16.3. The van der Waals surface area contributed by atoms with Gasteiger partial charge in [0, 0.05) is 6.54 Å². The zero-order chi connectivity index (χ0) is 15.3. The molecule has 0 aromatic carbocycles. The molecule has 0 saturated heterocycles. The summed E-state index contributed by atoms with van der Waals surface area (Å²) in [5, 5.41) is 15.8. The number of aliphatic hydroxyl groups is 1. The van der Waals surface area contributed by atoms with Crippen molar-refractivity contribution in [3.63, 3.8) is 0 Å². The highest BCUT2D eigenvalue weighted by molar-refractivity contribution is 5.92. The van der Waals surface area contributed by atoms with Crippen molar-refractivity contribution in [1.29, 1.82) is 0 Å². The van der Waals surface area contributed by atoms with Crippen LogP contribution in [0.1, 0.15) is 64.7 Å². The average Bonchev–Trinajstić information content (AvgIpc) is 2.92. The number of aliphatic hydroxyl groups excluding tert-OH is 1. The Hall–Kier alpha value is -1.10. The average molecular weight is 296 g/mol. The monoisotopic (exact) mass is 296 g/mol. The van der Waals surface area contributed by atoms with Crippen LogP contribution in [0.15, 0.2) is 0 Å². The fourth-order valence-electron chi connectivity index (χ4n) is 3.55. The summed E-state index contributed by atoms with van der Waals surface area (Å²) in [6, 6.07) is 0. The van der Waals surface area contributed by atoms with Crippen molar-refractivity contribution in [3.8, 4) is 0 Å². The van der Waals surface area contributed by atoms with E-state index in [1.54, 1.807) is 0 Å². The third-order valence-electron chi connectivity index (χ3n) is 4.86. The van der Waals surface area contributed by atoms with Crippen LogP contribution in [0, 0.1) is 5.92 Å². The summed E-state index contributed by atoms with van der Waals surface area (Å²) in [6.45, 7) is 2.66. The summed E-state index contributed by atoms with van der Waals surface area (Å²) < 4.78 is 0. The predicted octanol–water partition coefficient (Wildman–Crippen LogP) is 1.49. The maximum absolute atomic E-state index is 12.5. The molecule has 120 valence electrons. The molecule has 2 amide bonds. The molecule has 0 aliphatic heterocycles. The Balaban J connectivity index is 2.05. The lowest BCUT2D eigenvalue weighted by Gasteiger charge is -2.37. The van der Waals surface area contributed by atoms with Crippen LogP contribution in [0.4, 0.5) is 0 Å². The molecule has 5 heteroatoms. The van der Waals surface area contributed by atoms with Gasteiger partial charge in [0.05, 0.1) is 12.0 Å². The first-order valence-electron chi connectivity index (χ1n) is 8.37. The second-order valence-corrected chi connectivity index (χ2v) is 6.49. The topological polar surface area (TPSA) is 78.4 Å². The molecule has 2 fully saturated rings. The van der Waals surface area contributed by atoms with Gasteiger partial charge in [-0.05, 0) is 38.5 Å². The summed E-state index contributed by atoms with van der Waals surface area (Å²) in [5.74, 6) is -0.541. The summed E-state index contributed by atoms with van der Waals surface area (Å²) >= 11 is 0. The number of hydrogen-bond donors (Lipinski definition) is 3. The standard InChI is InChI=1S/C16H28N2O3/c1-2-11-17-15(21)16(9-4-3-5-10-16)18-14(20)12-7-6-8-13(12)19/h12-13,19H,2-11H2,1H3,(H,17,21)(H,18,20). The van der Waals surface area contributed by atoms with E-state index in [1.165, 1.54) is 0 Å². The van der Waals surface area contributed by atoms with E-state index in [4.69, 9.17) is 0 Å². The van der Waals surface area contributed by atoms with Crippen molar-refractivity contribution in [1.82, 2.24) is 10.6 Å².